The van der Waals surface area contributed by atoms with E-state index >= 15 is 0 Å². The van der Waals surface area contributed by atoms with Gasteiger partial charge in [0.15, 0.2) is 0 Å². The first-order chi connectivity index (χ1) is 7.52. The van der Waals surface area contributed by atoms with Crippen LogP contribution >= 0.6 is 11.6 Å². The monoisotopic (exact) mass is 238 g/mol. The fraction of sp³-hybridized carbons (Fsp3) is 0.462. The van der Waals surface area contributed by atoms with Gasteiger partial charge in [0, 0.05) is 10.4 Å². The molecular weight excluding hydrogens is 224 g/mol. The highest BCUT2D eigenvalue weighted by molar-refractivity contribution is 6.30. The molecule has 1 atom stereocenters. The van der Waals surface area contributed by atoms with Gasteiger partial charge in [-0.05, 0) is 36.5 Å². The summed E-state index contributed by atoms with van der Waals surface area (Å²) in [7, 11) is 0. The molecule has 0 spiro atoms. The molecule has 1 N–H and O–H groups in total. The zero-order valence-corrected chi connectivity index (χ0v) is 10.00. The Kier molecular flexibility index (Phi) is 2.94. The van der Waals surface area contributed by atoms with Crippen molar-refractivity contribution >= 4 is 17.6 Å². The number of hydrogen-bond acceptors (Lipinski definition) is 1. The standard InChI is InChI=1S/C13H15ClO2/c1-13(8-12(15)16,9-2-3-9)10-4-6-11(14)7-5-10/h4-7,9H,2-3,8H2,1H3,(H,15,16)/t13-/m0/s1. The van der Waals surface area contributed by atoms with E-state index in [-0.39, 0.29) is 11.8 Å². The molecule has 0 aliphatic heterocycles. The largest absolute Gasteiger partial charge is 0.481 e. The predicted molar refractivity (Wildman–Crippen MR) is 63.8 cm³/mol. The highest BCUT2D eigenvalue weighted by Gasteiger charge is 2.43. The number of carbonyl (C=O) groups is 1. The summed E-state index contributed by atoms with van der Waals surface area (Å²) in [4.78, 5) is 11.0. The van der Waals surface area contributed by atoms with Crippen molar-refractivity contribution in [2.45, 2.75) is 31.6 Å². The first kappa shape index (κ1) is 11.5. The molecule has 2 nitrogen and oxygen atoms in total. The normalized spacial score (nSPS) is 19.1. The number of halogens is 1. The molecule has 0 unspecified atom stereocenters. The van der Waals surface area contributed by atoms with Gasteiger partial charge in [-0.1, -0.05) is 30.7 Å². The van der Waals surface area contributed by atoms with Gasteiger partial charge in [-0.2, -0.15) is 0 Å². The second-order valence-corrected chi connectivity index (χ2v) is 5.21. The summed E-state index contributed by atoms with van der Waals surface area (Å²) >= 11 is 5.85. The predicted octanol–water partition coefficient (Wildman–Crippen LogP) is 3.48. The van der Waals surface area contributed by atoms with Gasteiger partial charge in [-0.3, -0.25) is 4.79 Å². The van der Waals surface area contributed by atoms with Gasteiger partial charge in [0.1, 0.15) is 0 Å². The molecule has 2 rings (SSSR count). The van der Waals surface area contributed by atoms with Crippen molar-refractivity contribution in [1.82, 2.24) is 0 Å². The van der Waals surface area contributed by atoms with Crippen molar-refractivity contribution < 1.29 is 9.90 Å². The lowest BCUT2D eigenvalue weighted by atomic mass is 9.75. The first-order valence-corrected chi connectivity index (χ1v) is 5.88. The number of carboxylic acid groups (broad SMARTS) is 1. The third-order valence-corrected chi connectivity index (χ3v) is 3.75. The van der Waals surface area contributed by atoms with Crippen LogP contribution in [0.3, 0.4) is 0 Å². The lowest BCUT2D eigenvalue weighted by Crippen LogP contribution is -2.28. The van der Waals surface area contributed by atoms with Gasteiger partial charge in [-0.25, -0.2) is 0 Å². The molecule has 0 aromatic heterocycles. The van der Waals surface area contributed by atoms with Gasteiger partial charge >= 0.3 is 5.97 Å². The van der Waals surface area contributed by atoms with Crippen LogP contribution in [-0.2, 0) is 10.2 Å². The van der Waals surface area contributed by atoms with Gasteiger partial charge in [-0.15, -0.1) is 0 Å². The molecule has 1 aromatic carbocycles. The van der Waals surface area contributed by atoms with E-state index in [4.69, 9.17) is 16.7 Å². The number of aliphatic carboxylic acids is 1. The maximum absolute atomic E-state index is 11.0. The van der Waals surface area contributed by atoms with E-state index in [9.17, 15) is 4.79 Å². The molecule has 16 heavy (non-hydrogen) atoms. The molecule has 0 radical (unpaired) electrons. The van der Waals surface area contributed by atoms with Crippen LogP contribution in [0.2, 0.25) is 5.02 Å². The smallest absolute Gasteiger partial charge is 0.304 e. The molecule has 0 bridgehead atoms. The molecule has 1 aliphatic carbocycles. The Hall–Kier alpha value is -1.02. The quantitative estimate of drug-likeness (QED) is 0.872. The third-order valence-electron chi connectivity index (χ3n) is 3.50. The fourth-order valence-corrected chi connectivity index (χ4v) is 2.47. The number of carboxylic acids is 1. The second-order valence-electron chi connectivity index (χ2n) is 4.77. The van der Waals surface area contributed by atoms with Crippen molar-refractivity contribution in [2.75, 3.05) is 0 Å². The summed E-state index contributed by atoms with van der Waals surface area (Å²) < 4.78 is 0. The molecule has 1 aliphatic rings. The van der Waals surface area contributed by atoms with Crippen LogP contribution in [0, 0.1) is 5.92 Å². The number of hydrogen-bond donors (Lipinski definition) is 1. The van der Waals surface area contributed by atoms with Gasteiger partial charge in [0.25, 0.3) is 0 Å². The first-order valence-electron chi connectivity index (χ1n) is 5.50. The average Bonchev–Trinajstić information content (AvgIpc) is 3.00. The Balaban J connectivity index is 2.31. The van der Waals surface area contributed by atoms with Crippen molar-refractivity contribution in [3.05, 3.63) is 34.9 Å². The topological polar surface area (TPSA) is 37.3 Å². The summed E-state index contributed by atoms with van der Waals surface area (Å²) in [6.45, 7) is 2.04. The fourth-order valence-electron chi connectivity index (χ4n) is 2.35. The van der Waals surface area contributed by atoms with E-state index in [0.29, 0.717) is 10.9 Å². The van der Waals surface area contributed by atoms with Gasteiger partial charge in [0.05, 0.1) is 6.42 Å². The van der Waals surface area contributed by atoms with Crippen molar-refractivity contribution in [3.63, 3.8) is 0 Å². The zero-order chi connectivity index (χ0) is 11.8. The van der Waals surface area contributed by atoms with Crippen molar-refractivity contribution in [3.8, 4) is 0 Å². The highest BCUT2D eigenvalue weighted by atomic mass is 35.5. The van der Waals surface area contributed by atoms with E-state index < -0.39 is 5.97 Å². The van der Waals surface area contributed by atoms with E-state index in [0.717, 1.165) is 18.4 Å². The molecule has 3 heteroatoms. The van der Waals surface area contributed by atoms with E-state index in [1.54, 1.807) is 0 Å². The maximum Gasteiger partial charge on any atom is 0.304 e. The van der Waals surface area contributed by atoms with E-state index in [1.807, 2.05) is 31.2 Å². The summed E-state index contributed by atoms with van der Waals surface area (Å²) in [5, 5.41) is 9.71. The molecular formula is C13H15ClO2. The Bertz CT molecular complexity index is 395. The molecule has 86 valence electrons. The average molecular weight is 239 g/mol. The lowest BCUT2D eigenvalue weighted by molar-refractivity contribution is -0.138. The van der Waals surface area contributed by atoms with E-state index in [1.165, 1.54) is 0 Å². The minimum atomic E-state index is -0.732. The van der Waals surface area contributed by atoms with Crippen LogP contribution in [0.15, 0.2) is 24.3 Å². The maximum atomic E-state index is 11.0. The molecule has 1 fully saturated rings. The molecule has 0 heterocycles. The van der Waals surface area contributed by atoms with Crippen LogP contribution < -0.4 is 0 Å². The van der Waals surface area contributed by atoms with Crippen LogP contribution in [0.1, 0.15) is 31.7 Å². The Morgan fingerprint density at radius 2 is 2.00 bits per heavy atom. The minimum Gasteiger partial charge on any atom is -0.481 e. The molecule has 1 aromatic rings. The van der Waals surface area contributed by atoms with Gasteiger partial charge in [0.2, 0.25) is 0 Å². The molecule has 0 amide bonds. The number of rotatable bonds is 4. The Labute approximate surface area is 100 Å². The van der Waals surface area contributed by atoms with Gasteiger partial charge < -0.3 is 5.11 Å². The Morgan fingerprint density at radius 3 is 2.44 bits per heavy atom. The van der Waals surface area contributed by atoms with Crippen molar-refractivity contribution in [1.29, 1.82) is 0 Å². The number of benzene rings is 1. The molecule has 0 saturated heterocycles. The van der Waals surface area contributed by atoms with Crippen LogP contribution in [0.25, 0.3) is 0 Å². The molecule has 1 saturated carbocycles. The van der Waals surface area contributed by atoms with E-state index in [2.05, 4.69) is 0 Å². The minimum absolute atomic E-state index is 0.194. The summed E-state index contributed by atoms with van der Waals surface area (Å²) in [5.41, 5.74) is 0.845. The van der Waals surface area contributed by atoms with Crippen molar-refractivity contribution in [2.24, 2.45) is 5.92 Å². The SMILES string of the molecule is C[C@@](CC(=O)O)(c1ccc(Cl)cc1)C1CC1. The third kappa shape index (κ3) is 2.22. The second kappa shape index (κ2) is 4.10. The lowest BCUT2D eigenvalue weighted by Gasteiger charge is -2.28. The Morgan fingerprint density at radius 1 is 1.44 bits per heavy atom. The summed E-state index contributed by atoms with van der Waals surface area (Å²) in [5.74, 6) is -0.228. The summed E-state index contributed by atoms with van der Waals surface area (Å²) in [6.07, 6.45) is 2.46. The highest BCUT2D eigenvalue weighted by Crippen LogP contribution is 2.49. The van der Waals surface area contributed by atoms with Crippen LogP contribution in [0.5, 0.6) is 0 Å². The van der Waals surface area contributed by atoms with Crippen LogP contribution in [0.4, 0.5) is 0 Å². The summed E-state index contributed by atoms with van der Waals surface area (Å²) in [6, 6.07) is 7.56. The zero-order valence-electron chi connectivity index (χ0n) is 9.24. The van der Waals surface area contributed by atoms with Crippen LogP contribution in [-0.4, -0.2) is 11.1 Å².